The first-order valence-electron chi connectivity index (χ1n) is 12.4. The molecule has 196 valence electrons. The lowest BCUT2D eigenvalue weighted by atomic mass is 9.84. The molecule has 0 spiro atoms. The third-order valence-corrected chi connectivity index (χ3v) is 6.22. The number of ether oxygens (including phenoxy) is 1. The van der Waals surface area contributed by atoms with Crippen LogP contribution in [0.4, 0.5) is 11.4 Å². The van der Waals surface area contributed by atoms with Crippen LogP contribution in [-0.4, -0.2) is 34.3 Å². The number of benzene rings is 2. The molecule has 8 heteroatoms. The lowest BCUT2D eigenvalue weighted by Gasteiger charge is -2.26. The van der Waals surface area contributed by atoms with Crippen molar-refractivity contribution in [2.24, 2.45) is 0 Å². The van der Waals surface area contributed by atoms with Crippen molar-refractivity contribution in [2.75, 3.05) is 16.8 Å². The maximum Gasteiger partial charge on any atom is 0.300 e. The number of amides is 2. The fourth-order valence-corrected chi connectivity index (χ4v) is 4.55. The molecule has 4 rings (SSSR count). The Morgan fingerprint density at radius 2 is 1.84 bits per heavy atom. The molecular weight excluding hydrogens is 482 g/mol. The van der Waals surface area contributed by atoms with E-state index in [-0.39, 0.29) is 22.7 Å². The Hall–Kier alpha value is -4.46. The highest BCUT2D eigenvalue weighted by atomic mass is 16.5. The monoisotopic (exact) mass is 513 g/mol. The Kier molecular flexibility index (Phi) is 7.35. The number of Topliss-reactive ketones (excluding diaryl/α,β-unsaturated/α-hetero) is 1. The molecule has 1 aromatic heterocycles. The predicted octanol–water partition coefficient (Wildman–Crippen LogP) is 5.36. The summed E-state index contributed by atoms with van der Waals surface area (Å²) in [4.78, 5) is 44.2. The molecule has 3 aromatic rings. The minimum atomic E-state index is -0.978. The molecule has 1 atom stereocenters. The Bertz CT molecular complexity index is 1420. The smallest absolute Gasteiger partial charge is 0.300 e. The molecule has 0 saturated carbocycles. The zero-order valence-corrected chi connectivity index (χ0v) is 22.1. The molecule has 0 bridgehead atoms. The third kappa shape index (κ3) is 5.16. The number of pyridine rings is 1. The maximum atomic E-state index is 13.5. The average Bonchev–Trinajstić information content (AvgIpc) is 3.14. The molecule has 2 aromatic carbocycles. The van der Waals surface area contributed by atoms with Crippen LogP contribution in [0.1, 0.15) is 57.5 Å². The second-order valence-electron chi connectivity index (χ2n) is 10.0. The van der Waals surface area contributed by atoms with Gasteiger partial charge in [0.05, 0.1) is 17.9 Å². The van der Waals surface area contributed by atoms with E-state index in [0.29, 0.717) is 35.0 Å². The summed E-state index contributed by atoms with van der Waals surface area (Å²) in [5.74, 6) is -1.50. The van der Waals surface area contributed by atoms with E-state index < -0.39 is 17.7 Å². The van der Waals surface area contributed by atoms with Gasteiger partial charge in [-0.15, -0.1) is 0 Å². The maximum absolute atomic E-state index is 13.5. The first-order chi connectivity index (χ1) is 18.0. The summed E-state index contributed by atoms with van der Waals surface area (Å²) in [5.41, 5.74) is 2.15. The minimum absolute atomic E-state index is 0.0670. The van der Waals surface area contributed by atoms with E-state index in [4.69, 9.17) is 4.74 Å². The molecule has 2 amide bonds. The summed E-state index contributed by atoms with van der Waals surface area (Å²) in [5, 5.41) is 14.2. The highest BCUT2D eigenvalue weighted by Crippen LogP contribution is 2.43. The Labute approximate surface area is 222 Å². The van der Waals surface area contributed by atoms with Gasteiger partial charge in [0.15, 0.2) is 0 Å². The van der Waals surface area contributed by atoms with Crippen LogP contribution in [0.15, 0.2) is 72.4 Å². The number of hydrogen-bond donors (Lipinski definition) is 2. The van der Waals surface area contributed by atoms with Crippen LogP contribution < -0.4 is 15.0 Å². The first kappa shape index (κ1) is 26.6. The number of carbonyl (C=O) groups excluding carboxylic acids is 3. The number of carbonyl (C=O) groups is 3. The van der Waals surface area contributed by atoms with Crippen LogP contribution in [0, 0.1) is 0 Å². The van der Waals surface area contributed by atoms with Crippen molar-refractivity contribution in [3.63, 3.8) is 0 Å². The van der Waals surface area contributed by atoms with Gasteiger partial charge >= 0.3 is 0 Å². The van der Waals surface area contributed by atoms with Gasteiger partial charge < -0.3 is 15.2 Å². The summed E-state index contributed by atoms with van der Waals surface area (Å²) < 4.78 is 5.80. The molecule has 0 aliphatic carbocycles. The molecule has 1 aliphatic rings. The van der Waals surface area contributed by atoms with Crippen LogP contribution in [0.25, 0.3) is 5.76 Å². The van der Waals surface area contributed by atoms with Crippen LogP contribution in [-0.2, 0) is 19.8 Å². The summed E-state index contributed by atoms with van der Waals surface area (Å²) in [6.45, 7) is 9.86. The third-order valence-electron chi connectivity index (χ3n) is 6.22. The molecule has 2 heterocycles. The zero-order valence-electron chi connectivity index (χ0n) is 22.1. The van der Waals surface area contributed by atoms with Crippen molar-refractivity contribution in [3.05, 3.63) is 89.3 Å². The minimum Gasteiger partial charge on any atom is -0.507 e. The van der Waals surface area contributed by atoms with Crippen molar-refractivity contribution in [1.29, 1.82) is 0 Å². The van der Waals surface area contributed by atoms with Gasteiger partial charge in [0, 0.05) is 35.6 Å². The van der Waals surface area contributed by atoms with Gasteiger partial charge in [0.2, 0.25) is 5.91 Å². The Balaban J connectivity index is 1.92. The Morgan fingerprint density at radius 3 is 2.47 bits per heavy atom. The van der Waals surface area contributed by atoms with Gasteiger partial charge in [0.1, 0.15) is 17.6 Å². The van der Waals surface area contributed by atoms with Crippen LogP contribution in [0.2, 0.25) is 0 Å². The van der Waals surface area contributed by atoms with Crippen molar-refractivity contribution in [2.45, 2.75) is 46.1 Å². The van der Waals surface area contributed by atoms with Crippen molar-refractivity contribution < 1.29 is 24.2 Å². The summed E-state index contributed by atoms with van der Waals surface area (Å²) in [7, 11) is 0. The van der Waals surface area contributed by atoms with Gasteiger partial charge in [0.25, 0.3) is 11.7 Å². The lowest BCUT2D eigenvalue weighted by Crippen LogP contribution is -2.30. The van der Waals surface area contributed by atoms with Crippen LogP contribution in [0.3, 0.4) is 0 Å². The van der Waals surface area contributed by atoms with E-state index in [9.17, 15) is 19.5 Å². The zero-order chi connectivity index (χ0) is 27.6. The van der Waals surface area contributed by atoms with Gasteiger partial charge in [-0.05, 0) is 60.9 Å². The van der Waals surface area contributed by atoms with Gasteiger partial charge in [-0.1, -0.05) is 32.9 Å². The number of aromatic nitrogens is 1. The van der Waals surface area contributed by atoms with Gasteiger partial charge in [-0.25, -0.2) is 0 Å². The standard InChI is InChI=1S/C30H31N3O5/c1-6-38-24-14-13-19(16-22(24)30(3,4)5)27(35)25-26(23-12-7-8-15-31-23)33(29(37)28(25)36)21-11-9-10-20(17-21)32-18(2)34/h7-17,26,35H,6H2,1-5H3,(H,32,34)/b27-25-. The number of anilines is 2. The molecule has 2 N–H and O–H groups in total. The second kappa shape index (κ2) is 10.5. The highest BCUT2D eigenvalue weighted by molar-refractivity contribution is 6.51. The fourth-order valence-electron chi connectivity index (χ4n) is 4.55. The van der Waals surface area contributed by atoms with E-state index in [1.807, 2.05) is 27.7 Å². The molecule has 8 nitrogen and oxygen atoms in total. The molecule has 38 heavy (non-hydrogen) atoms. The Morgan fingerprint density at radius 1 is 1.08 bits per heavy atom. The van der Waals surface area contributed by atoms with Crippen molar-refractivity contribution in [3.8, 4) is 5.75 Å². The number of nitrogens with one attached hydrogen (secondary N) is 1. The van der Waals surface area contributed by atoms with E-state index in [1.165, 1.54) is 11.8 Å². The fraction of sp³-hybridized carbons (Fsp3) is 0.267. The van der Waals surface area contributed by atoms with Gasteiger partial charge in [-0.3, -0.25) is 24.3 Å². The SMILES string of the molecule is CCOc1ccc(/C(O)=C2/C(=O)C(=O)N(c3cccc(NC(C)=O)c3)C2c2ccccn2)cc1C(C)(C)C. The van der Waals surface area contributed by atoms with Crippen molar-refractivity contribution in [1.82, 2.24) is 4.98 Å². The van der Waals surface area contributed by atoms with Crippen molar-refractivity contribution >= 4 is 34.7 Å². The number of nitrogens with zero attached hydrogens (tertiary/aromatic N) is 2. The number of aliphatic hydroxyl groups is 1. The molecule has 1 fully saturated rings. The van der Waals surface area contributed by atoms with E-state index >= 15 is 0 Å². The largest absolute Gasteiger partial charge is 0.507 e. The molecule has 0 radical (unpaired) electrons. The van der Waals surface area contributed by atoms with Gasteiger partial charge in [-0.2, -0.15) is 0 Å². The quantitative estimate of drug-likeness (QED) is 0.261. The van der Waals surface area contributed by atoms with Crippen LogP contribution >= 0.6 is 0 Å². The van der Waals surface area contributed by atoms with E-state index in [0.717, 1.165) is 5.56 Å². The van der Waals surface area contributed by atoms with Crippen LogP contribution in [0.5, 0.6) is 5.75 Å². The number of hydrogen-bond acceptors (Lipinski definition) is 6. The van der Waals surface area contributed by atoms with E-state index in [1.54, 1.807) is 66.9 Å². The highest BCUT2D eigenvalue weighted by Gasteiger charge is 2.47. The summed E-state index contributed by atoms with van der Waals surface area (Å²) >= 11 is 0. The topological polar surface area (TPSA) is 109 Å². The summed E-state index contributed by atoms with van der Waals surface area (Å²) in [6, 6.07) is 16.1. The molecule has 1 saturated heterocycles. The predicted molar refractivity (Wildman–Crippen MR) is 146 cm³/mol. The molecule has 1 aliphatic heterocycles. The molecule has 1 unspecified atom stereocenters. The number of ketones is 1. The second-order valence-corrected chi connectivity index (χ2v) is 10.0. The molecular formula is C30H31N3O5. The van der Waals surface area contributed by atoms with E-state index in [2.05, 4.69) is 10.3 Å². The number of rotatable bonds is 6. The summed E-state index contributed by atoms with van der Waals surface area (Å²) in [6.07, 6.45) is 1.57. The lowest BCUT2D eigenvalue weighted by molar-refractivity contribution is -0.132. The average molecular weight is 514 g/mol. The normalized spacial score (nSPS) is 17.0. The first-order valence-corrected chi connectivity index (χ1v) is 12.4. The number of aliphatic hydroxyl groups excluding tert-OH is 1.